The molecule has 0 saturated heterocycles. The van der Waals surface area contributed by atoms with Crippen molar-refractivity contribution in [2.24, 2.45) is 5.14 Å². The van der Waals surface area contributed by atoms with Gasteiger partial charge in [0, 0.05) is 12.0 Å². The van der Waals surface area contributed by atoms with Crippen LogP contribution in [0.2, 0.25) is 0 Å². The van der Waals surface area contributed by atoms with Crippen LogP contribution < -0.4 is 9.88 Å². The Morgan fingerprint density at radius 2 is 1.91 bits per heavy atom. The molecule has 0 fully saturated rings. The van der Waals surface area contributed by atoms with Crippen molar-refractivity contribution in [1.29, 1.82) is 0 Å². The minimum absolute atomic E-state index is 0.0128. The van der Waals surface area contributed by atoms with E-state index in [-0.39, 0.29) is 22.6 Å². The molecule has 0 heterocycles. The SMILES string of the molecule is COc1ccc(CC(=O)c2ccccc2S(N)(=O)=O)cc1F. The highest BCUT2D eigenvalue weighted by Gasteiger charge is 2.19. The lowest BCUT2D eigenvalue weighted by molar-refractivity contribution is 0.0989. The third-order valence-corrected chi connectivity index (χ3v) is 4.04. The minimum atomic E-state index is -4.00. The first kappa shape index (κ1) is 16.1. The van der Waals surface area contributed by atoms with Crippen LogP contribution in [0.15, 0.2) is 47.4 Å². The largest absolute Gasteiger partial charge is 0.494 e. The number of halogens is 1. The number of benzene rings is 2. The van der Waals surface area contributed by atoms with Gasteiger partial charge in [-0.1, -0.05) is 24.3 Å². The Morgan fingerprint density at radius 3 is 2.50 bits per heavy atom. The highest BCUT2D eigenvalue weighted by Crippen LogP contribution is 2.20. The molecule has 2 N–H and O–H groups in total. The third kappa shape index (κ3) is 3.49. The zero-order chi connectivity index (χ0) is 16.3. The average Bonchev–Trinajstić information content (AvgIpc) is 2.46. The first-order chi connectivity index (χ1) is 10.3. The summed E-state index contributed by atoms with van der Waals surface area (Å²) in [6.07, 6.45) is -0.145. The molecule has 0 unspecified atom stereocenters. The summed E-state index contributed by atoms with van der Waals surface area (Å²) in [5.41, 5.74) is 0.397. The number of Topliss-reactive ketones (excluding diaryl/α,β-unsaturated/α-hetero) is 1. The molecule has 0 aromatic heterocycles. The van der Waals surface area contributed by atoms with Gasteiger partial charge in [0.05, 0.1) is 12.0 Å². The molecule has 7 heteroatoms. The zero-order valence-electron chi connectivity index (χ0n) is 11.7. The van der Waals surface area contributed by atoms with Gasteiger partial charge in [-0.3, -0.25) is 4.79 Å². The molecular formula is C15H14FNO4S. The van der Waals surface area contributed by atoms with Crippen LogP contribution in [0.1, 0.15) is 15.9 Å². The van der Waals surface area contributed by atoms with Gasteiger partial charge in [0.1, 0.15) is 0 Å². The fourth-order valence-electron chi connectivity index (χ4n) is 2.05. The van der Waals surface area contributed by atoms with Crippen LogP contribution in [0.4, 0.5) is 4.39 Å². The molecule has 5 nitrogen and oxygen atoms in total. The van der Waals surface area contributed by atoms with E-state index in [0.717, 1.165) is 0 Å². The van der Waals surface area contributed by atoms with E-state index < -0.39 is 21.6 Å². The first-order valence-corrected chi connectivity index (χ1v) is 7.85. The van der Waals surface area contributed by atoms with Crippen molar-refractivity contribution in [3.8, 4) is 5.75 Å². The number of carbonyl (C=O) groups excluding carboxylic acids is 1. The van der Waals surface area contributed by atoms with E-state index in [4.69, 9.17) is 9.88 Å². The predicted molar refractivity (Wildman–Crippen MR) is 78.8 cm³/mol. The number of primary sulfonamides is 1. The Labute approximate surface area is 127 Å². The van der Waals surface area contributed by atoms with Crippen molar-refractivity contribution < 1.29 is 22.3 Å². The Bertz CT molecular complexity index is 818. The Kier molecular flexibility index (Phi) is 4.58. The summed E-state index contributed by atoms with van der Waals surface area (Å²) in [7, 11) is -2.67. The van der Waals surface area contributed by atoms with Crippen LogP contribution in [-0.4, -0.2) is 21.3 Å². The van der Waals surface area contributed by atoms with E-state index in [1.807, 2.05) is 0 Å². The van der Waals surface area contributed by atoms with Crippen molar-refractivity contribution in [3.63, 3.8) is 0 Å². The van der Waals surface area contributed by atoms with Crippen LogP contribution in [-0.2, 0) is 16.4 Å². The van der Waals surface area contributed by atoms with Gasteiger partial charge in [0.25, 0.3) is 0 Å². The lowest BCUT2D eigenvalue weighted by Gasteiger charge is -2.08. The highest BCUT2D eigenvalue weighted by atomic mass is 32.2. The molecule has 2 aromatic carbocycles. The predicted octanol–water partition coefficient (Wildman–Crippen LogP) is 1.91. The third-order valence-electron chi connectivity index (χ3n) is 3.07. The van der Waals surface area contributed by atoms with E-state index in [2.05, 4.69) is 0 Å². The summed E-state index contributed by atoms with van der Waals surface area (Å²) in [4.78, 5) is 12.0. The normalized spacial score (nSPS) is 11.2. The minimum Gasteiger partial charge on any atom is -0.494 e. The maximum Gasteiger partial charge on any atom is 0.238 e. The topological polar surface area (TPSA) is 86.5 Å². The van der Waals surface area contributed by atoms with E-state index in [0.29, 0.717) is 5.56 Å². The van der Waals surface area contributed by atoms with Crippen molar-refractivity contribution in [2.75, 3.05) is 7.11 Å². The molecule has 2 rings (SSSR count). The maximum absolute atomic E-state index is 13.6. The number of sulfonamides is 1. The number of rotatable bonds is 5. The summed E-state index contributed by atoms with van der Waals surface area (Å²) >= 11 is 0. The molecule has 0 spiro atoms. The van der Waals surface area contributed by atoms with E-state index in [1.54, 1.807) is 6.07 Å². The number of ether oxygens (including phenoxy) is 1. The number of methoxy groups -OCH3 is 1. The average molecular weight is 323 g/mol. The summed E-state index contributed by atoms with van der Waals surface area (Å²) in [6.45, 7) is 0. The van der Waals surface area contributed by atoms with Crippen LogP contribution in [0.25, 0.3) is 0 Å². The van der Waals surface area contributed by atoms with Crippen molar-refractivity contribution in [3.05, 3.63) is 59.4 Å². The lowest BCUT2D eigenvalue weighted by atomic mass is 10.0. The van der Waals surface area contributed by atoms with Gasteiger partial charge in [-0.15, -0.1) is 0 Å². The number of hydrogen-bond donors (Lipinski definition) is 1. The smallest absolute Gasteiger partial charge is 0.238 e. The van der Waals surface area contributed by atoms with Crippen molar-refractivity contribution >= 4 is 15.8 Å². The quantitative estimate of drug-likeness (QED) is 0.852. The van der Waals surface area contributed by atoms with E-state index in [1.165, 1.54) is 43.5 Å². The standard InChI is InChI=1S/C15H14FNO4S/c1-21-14-7-6-10(8-12(14)16)9-13(18)11-4-2-3-5-15(11)22(17,19)20/h2-8H,9H2,1H3,(H2,17,19,20). The summed E-state index contributed by atoms with van der Waals surface area (Å²) in [5.74, 6) is -0.983. The van der Waals surface area contributed by atoms with Gasteiger partial charge in [-0.05, 0) is 23.8 Å². The van der Waals surface area contributed by atoms with E-state index in [9.17, 15) is 17.6 Å². The second-order valence-electron chi connectivity index (χ2n) is 4.61. The first-order valence-electron chi connectivity index (χ1n) is 6.30. The second kappa shape index (κ2) is 6.25. The summed E-state index contributed by atoms with van der Waals surface area (Å²) in [5, 5.41) is 5.09. The fraction of sp³-hybridized carbons (Fsp3) is 0.133. The van der Waals surface area contributed by atoms with Crippen LogP contribution in [0.5, 0.6) is 5.75 Å². The van der Waals surface area contributed by atoms with Crippen molar-refractivity contribution in [2.45, 2.75) is 11.3 Å². The molecule has 116 valence electrons. The van der Waals surface area contributed by atoms with Gasteiger partial charge in [0.15, 0.2) is 17.3 Å². The molecule has 0 saturated carbocycles. The fourth-order valence-corrected chi connectivity index (χ4v) is 2.80. The Morgan fingerprint density at radius 1 is 1.23 bits per heavy atom. The molecule has 22 heavy (non-hydrogen) atoms. The van der Waals surface area contributed by atoms with Gasteiger partial charge >= 0.3 is 0 Å². The monoisotopic (exact) mass is 323 g/mol. The van der Waals surface area contributed by atoms with Gasteiger partial charge in [0.2, 0.25) is 10.0 Å². The zero-order valence-corrected chi connectivity index (χ0v) is 12.6. The summed E-state index contributed by atoms with van der Waals surface area (Å²) < 4.78 is 41.4. The van der Waals surface area contributed by atoms with Gasteiger partial charge < -0.3 is 4.74 Å². The number of nitrogens with two attached hydrogens (primary N) is 1. The molecule has 2 aromatic rings. The molecule has 0 aliphatic rings. The molecule has 0 bridgehead atoms. The molecule has 0 aliphatic carbocycles. The Balaban J connectivity index is 2.33. The molecule has 0 amide bonds. The van der Waals surface area contributed by atoms with Crippen LogP contribution >= 0.6 is 0 Å². The van der Waals surface area contributed by atoms with Crippen LogP contribution in [0, 0.1) is 5.82 Å². The number of ketones is 1. The van der Waals surface area contributed by atoms with E-state index >= 15 is 0 Å². The Hall–Kier alpha value is -2.25. The molecule has 0 atom stereocenters. The molecule has 0 radical (unpaired) electrons. The molecule has 0 aliphatic heterocycles. The van der Waals surface area contributed by atoms with Gasteiger partial charge in [-0.25, -0.2) is 17.9 Å². The van der Waals surface area contributed by atoms with Gasteiger partial charge in [-0.2, -0.15) is 0 Å². The number of hydrogen-bond acceptors (Lipinski definition) is 4. The summed E-state index contributed by atoms with van der Waals surface area (Å²) in [6, 6.07) is 9.78. The number of carbonyl (C=O) groups is 1. The highest BCUT2D eigenvalue weighted by molar-refractivity contribution is 7.89. The second-order valence-corrected chi connectivity index (χ2v) is 6.14. The lowest BCUT2D eigenvalue weighted by Crippen LogP contribution is -2.17. The van der Waals surface area contributed by atoms with Crippen molar-refractivity contribution in [1.82, 2.24) is 0 Å². The maximum atomic E-state index is 13.6. The molecular weight excluding hydrogens is 309 g/mol. The van der Waals surface area contributed by atoms with Crippen LogP contribution in [0.3, 0.4) is 0 Å².